The lowest BCUT2D eigenvalue weighted by Crippen LogP contribution is -2.41. The van der Waals surface area contributed by atoms with Crippen LogP contribution in [0, 0.1) is 17.5 Å². The van der Waals surface area contributed by atoms with Gasteiger partial charge in [-0.3, -0.25) is 4.72 Å². The molecular formula is C19H18BrF3N2O5S. The maximum Gasteiger partial charge on any atom is 0.238 e. The summed E-state index contributed by atoms with van der Waals surface area (Å²) >= 11 is 3.09. The first kappa shape index (κ1) is 22.2. The molecule has 2 aromatic rings. The first-order chi connectivity index (χ1) is 14.5. The van der Waals surface area contributed by atoms with Crippen LogP contribution >= 0.6 is 15.9 Å². The molecule has 4 rings (SSSR count). The van der Waals surface area contributed by atoms with Crippen LogP contribution in [0.2, 0.25) is 0 Å². The molecule has 4 N–H and O–H groups in total. The summed E-state index contributed by atoms with van der Waals surface area (Å²) in [5, 5.41) is 22.7. The van der Waals surface area contributed by atoms with Crippen molar-refractivity contribution in [1.29, 1.82) is 0 Å². The highest BCUT2D eigenvalue weighted by Crippen LogP contribution is 2.50. The van der Waals surface area contributed by atoms with Crippen LogP contribution < -0.4 is 14.8 Å². The molecule has 1 saturated carbocycles. The van der Waals surface area contributed by atoms with Crippen LogP contribution in [-0.2, 0) is 10.0 Å². The Labute approximate surface area is 184 Å². The van der Waals surface area contributed by atoms with E-state index in [-0.39, 0.29) is 24.9 Å². The first-order valence-electron chi connectivity index (χ1n) is 9.28. The number of aliphatic hydroxyl groups excluding tert-OH is 2. The molecule has 1 aliphatic heterocycles. The Kier molecular flexibility index (Phi) is 5.61. The summed E-state index contributed by atoms with van der Waals surface area (Å²) in [5.74, 6) is -4.06. The molecule has 31 heavy (non-hydrogen) atoms. The lowest BCUT2D eigenvalue weighted by atomic mass is 10.1. The summed E-state index contributed by atoms with van der Waals surface area (Å²) in [6.07, 6.45) is -2.66. The predicted octanol–water partition coefficient (Wildman–Crippen LogP) is 3.39. The van der Waals surface area contributed by atoms with Gasteiger partial charge in [0.05, 0.1) is 16.5 Å². The Balaban J connectivity index is 1.86. The van der Waals surface area contributed by atoms with E-state index in [9.17, 15) is 31.8 Å². The van der Waals surface area contributed by atoms with Crippen LogP contribution in [0.25, 0.3) is 0 Å². The van der Waals surface area contributed by atoms with Crippen LogP contribution in [-0.4, -0.2) is 42.2 Å². The van der Waals surface area contributed by atoms with E-state index in [0.29, 0.717) is 10.5 Å². The topological polar surface area (TPSA) is 108 Å². The van der Waals surface area contributed by atoms with Gasteiger partial charge < -0.3 is 20.3 Å². The minimum Gasteiger partial charge on any atom is -0.488 e. The Bertz CT molecular complexity index is 1140. The molecule has 2 atom stereocenters. The van der Waals surface area contributed by atoms with Crippen LogP contribution in [0.1, 0.15) is 19.3 Å². The summed E-state index contributed by atoms with van der Waals surface area (Å²) in [6, 6.07) is 4.43. The van der Waals surface area contributed by atoms with E-state index in [1.165, 1.54) is 12.1 Å². The Morgan fingerprint density at radius 1 is 1.13 bits per heavy atom. The molecule has 0 aromatic heterocycles. The van der Waals surface area contributed by atoms with Gasteiger partial charge in [-0.05, 0) is 37.5 Å². The zero-order chi connectivity index (χ0) is 22.6. The molecule has 1 heterocycles. The Morgan fingerprint density at radius 3 is 2.48 bits per heavy atom. The van der Waals surface area contributed by atoms with Crippen LogP contribution in [0.3, 0.4) is 0 Å². The normalized spacial score (nSPS) is 23.9. The fourth-order valence-electron chi connectivity index (χ4n) is 3.43. The average Bonchev–Trinajstić information content (AvgIpc) is 3.48. The number of sulfonamides is 1. The maximum absolute atomic E-state index is 14.8. The molecule has 168 valence electrons. The number of anilines is 3. The zero-order valence-corrected chi connectivity index (χ0v) is 18.2. The average molecular weight is 523 g/mol. The van der Waals surface area contributed by atoms with E-state index in [0.717, 1.165) is 6.07 Å². The molecule has 2 unspecified atom stereocenters. The van der Waals surface area contributed by atoms with E-state index in [2.05, 4.69) is 26.0 Å². The number of nitrogens with one attached hydrogen (secondary N) is 2. The standard InChI is InChI=1S/C19H18BrF3N2O5S/c20-9-1-2-12(10(21)5-9)24-18-16(23)11(22)6-15-17(18)25-31(28,29)19(3-4-19)7-13(26)14(27)8-30-15/h1-2,5-6,13-14,24-27H,3-4,7-8H2. The zero-order valence-electron chi connectivity index (χ0n) is 15.8. The van der Waals surface area contributed by atoms with Crippen LogP contribution in [0.5, 0.6) is 5.75 Å². The summed E-state index contributed by atoms with van der Waals surface area (Å²) in [5.41, 5.74) is -1.37. The highest BCUT2D eigenvalue weighted by atomic mass is 79.9. The maximum atomic E-state index is 14.8. The summed E-state index contributed by atoms with van der Waals surface area (Å²) in [7, 11) is -4.21. The molecule has 1 spiro atoms. The van der Waals surface area contributed by atoms with Crippen molar-refractivity contribution in [1.82, 2.24) is 0 Å². The largest absolute Gasteiger partial charge is 0.488 e. The molecule has 2 aromatic carbocycles. The number of hydrogen-bond donors (Lipinski definition) is 4. The minimum absolute atomic E-state index is 0.218. The van der Waals surface area contributed by atoms with Gasteiger partial charge in [0.1, 0.15) is 35.7 Å². The van der Waals surface area contributed by atoms with E-state index in [4.69, 9.17) is 4.74 Å². The van der Waals surface area contributed by atoms with E-state index >= 15 is 0 Å². The fourth-order valence-corrected chi connectivity index (χ4v) is 5.48. The quantitative estimate of drug-likeness (QED) is 0.481. The molecule has 0 radical (unpaired) electrons. The number of halogens is 4. The van der Waals surface area contributed by atoms with Crippen molar-refractivity contribution >= 4 is 43.0 Å². The van der Waals surface area contributed by atoms with Gasteiger partial charge in [0.2, 0.25) is 10.0 Å². The van der Waals surface area contributed by atoms with Crippen molar-refractivity contribution in [2.75, 3.05) is 16.6 Å². The second kappa shape index (κ2) is 7.84. The van der Waals surface area contributed by atoms with Crippen molar-refractivity contribution < 1.29 is 36.5 Å². The van der Waals surface area contributed by atoms with Crippen molar-refractivity contribution in [3.8, 4) is 5.75 Å². The molecule has 0 saturated heterocycles. The fraction of sp³-hybridized carbons (Fsp3) is 0.368. The third-order valence-electron chi connectivity index (χ3n) is 5.42. The molecular weight excluding hydrogens is 505 g/mol. The third-order valence-corrected chi connectivity index (χ3v) is 8.10. The predicted molar refractivity (Wildman–Crippen MR) is 110 cm³/mol. The lowest BCUT2D eigenvalue weighted by molar-refractivity contribution is -0.0129. The van der Waals surface area contributed by atoms with E-state index < -0.39 is 68.2 Å². The molecule has 1 aliphatic carbocycles. The highest BCUT2D eigenvalue weighted by Gasteiger charge is 2.56. The van der Waals surface area contributed by atoms with Crippen molar-refractivity contribution in [3.05, 3.63) is 46.2 Å². The van der Waals surface area contributed by atoms with Crippen LogP contribution in [0.15, 0.2) is 28.7 Å². The van der Waals surface area contributed by atoms with Crippen molar-refractivity contribution in [2.24, 2.45) is 0 Å². The first-order valence-corrected chi connectivity index (χ1v) is 11.6. The lowest BCUT2D eigenvalue weighted by Gasteiger charge is -2.28. The van der Waals surface area contributed by atoms with E-state index in [1.807, 2.05) is 0 Å². The van der Waals surface area contributed by atoms with Gasteiger partial charge >= 0.3 is 0 Å². The molecule has 1 fully saturated rings. The molecule has 12 heteroatoms. The smallest absolute Gasteiger partial charge is 0.238 e. The van der Waals surface area contributed by atoms with Crippen LogP contribution in [0.4, 0.5) is 30.2 Å². The van der Waals surface area contributed by atoms with Gasteiger partial charge in [-0.2, -0.15) is 0 Å². The number of ether oxygens (including phenoxy) is 1. The van der Waals surface area contributed by atoms with Gasteiger partial charge in [0, 0.05) is 10.5 Å². The SMILES string of the molecule is O=S1(=O)Nc2c(cc(F)c(F)c2Nc2ccc(Br)cc2F)OCC(O)C(O)CC12CC2. The number of rotatable bonds is 2. The molecule has 0 bridgehead atoms. The number of aliphatic hydroxyl groups is 2. The Hall–Kier alpha value is -2.02. The number of benzene rings is 2. The second-order valence-corrected chi connectivity index (χ2v) is 10.6. The minimum atomic E-state index is -4.21. The van der Waals surface area contributed by atoms with Crippen molar-refractivity contribution in [2.45, 2.75) is 36.2 Å². The number of fused-ring (bicyclic) bond motifs is 1. The van der Waals surface area contributed by atoms with Gasteiger partial charge in [0.25, 0.3) is 0 Å². The Morgan fingerprint density at radius 2 is 1.84 bits per heavy atom. The highest BCUT2D eigenvalue weighted by molar-refractivity contribution is 9.10. The monoisotopic (exact) mass is 522 g/mol. The number of hydrogen-bond acceptors (Lipinski definition) is 6. The van der Waals surface area contributed by atoms with E-state index in [1.54, 1.807) is 0 Å². The third kappa shape index (κ3) is 4.09. The van der Waals surface area contributed by atoms with Gasteiger partial charge in [-0.25, -0.2) is 21.6 Å². The molecule has 0 amide bonds. The van der Waals surface area contributed by atoms with Gasteiger partial charge in [0.15, 0.2) is 11.6 Å². The molecule has 2 aliphatic rings. The van der Waals surface area contributed by atoms with Crippen molar-refractivity contribution in [3.63, 3.8) is 0 Å². The second-order valence-electron chi connectivity index (χ2n) is 7.61. The van der Waals surface area contributed by atoms with Gasteiger partial charge in [-0.1, -0.05) is 15.9 Å². The summed E-state index contributed by atoms with van der Waals surface area (Å²) in [4.78, 5) is 0. The summed E-state index contributed by atoms with van der Waals surface area (Å²) < 4.78 is 76.0. The molecule has 7 nitrogen and oxygen atoms in total. The summed E-state index contributed by atoms with van der Waals surface area (Å²) in [6.45, 7) is -0.497. The van der Waals surface area contributed by atoms with Gasteiger partial charge in [-0.15, -0.1) is 0 Å².